The predicted octanol–water partition coefficient (Wildman–Crippen LogP) is 0.164. The largest absolute Gasteiger partial charge is 0.436 e. The van der Waals surface area contributed by atoms with E-state index in [9.17, 15) is 9.59 Å². The molecule has 9 heteroatoms. The zero-order valence-corrected chi connectivity index (χ0v) is 10.8. The smallest absolute Gasteiger partial charge is 0.430 e. The molecule has 0 amide bonds. The van der Waals surface area contributed by atoms with E-state index in [-0.39, 0.29) is 12.4 Å². The molecule has 1 unspecified atom stereocenters. The first-order chi connectivity index (χ1) is 9.60. The number of nitrogens with zero attached hydrogens (tertiary/aromatic N) is 2. The molecule has 1 N–H and O–H groups in total. The molecule has 20 heavy (non-hydrogen) atoms. The normalized spacial score (nSPS) is 23.4. The zero-order chi connectivity index (χ0) is 14.3. The lowest BCUT2D eigenvalue weighted by molar-refractivity contribution is -0.255. The molecule has 1 atom stereocenters. The molecular formula is C11H9ClN2O6. The molecule has 3 rings (SSSR count). The fraction of sp³-hybridized carbons (Fsp3) is 0.364. The summed E-state index contributed by atoms with van der Waals surface area (Å²) in [5.41, 5.74) is 0.696. The minimum absolute atomic E-state index is 0.244. The van der Waals surface area contributed by atoms with Crippen molar-refractivity contribution in [3.8, 4) is 0 Å². The first kappa shape index (κ1) is 13.1. The fourth-order valence-corrected chi connectivity index (χ4v) is 2.30. The Kier molecular flexibility index (Phi) is 3.20. The van der Waals surface area contributed by atoms with Crippen LogP contribution in [0.5, 0.6) is 0 Å². The first-order valence-electron chi connectivity index (χ1n) is 5.75. The van der Waals surface area contributed by atoms with E-state index in [2.05, 4.69) is 5.16 Å². The van der Waals surface area contributed by atoms with Gasteiger partial charge in [0.2, 0.25) is 6.23 Å². The van der Waals surface area contributed by atoms with E-state index in [0.717, 1.165) is 0 Å². The number of carbonyl (C=O) groups is 2. The monoisotopic (exact) mass is 300 g/mol. The van der Waals surface area contributed by atoms with Crippen molar-refractivity contribution in [1.29, 1.82) is 0 Å². The molecule has 106 valence electrons. The van der Waals surface area contributed by atoms with Crippen molar-refractivity contribution in [3.63, 3.8) is 0 Å². The van der Waals surface area contributed by atoms with Gasteiger partial charge in [0.05, 0.1) is 5.57 Å². The molecule has 3 heterocycles. The minimum atomic E-state index is -1.10. The van der Waals surface area contributed by atoms with Gasteiger partial charge in [-0.2, -0.15) is 0 Å². The number of rotatable bonds is 2. The van der Waals surface area contributed by atoms with E-state index < -0.39 is 18.2 Å². The van der Waals surface area contributed by atoms with Crippen LogP contribution < -0.4 is 0 Å². The van der Waals surface area contributed by atoms with Gasteiger partial charge in [-0.05, 0) is 6.42 Å². The van der Waals surface area contributed by atoms with Crippen molar-refractivity contribution in [2.75, 3.05) is 6.54 Å². The number of hydrogen-bond acceptors (Lipinski definition) is 8. The summed E-state index contributed by atoms with van der Waals surface area (Å²) < 4.78 is 9.89. The number of esters is 1. The molecule has 1 saturated heterocycles. The summed E-state index contributed by atoms with van der Waals surface area (Å²) in [6.45, 7) is -0.0161. The lowest BCUT2D eigenvalue weighted by Crippen LogP contribution is -2.51. The number of hydroxylamine groups is 2. The molecule has 0 bridgehead atoms. The Morgan fingerprint density at radius 2 is 2.25 bits per heavy atom. The van der Waals surface area contributed by atoms with Gasteiger partial charge in [-0.1, -0.05) is 21.8 Å². The number of aliphatic hydroxyl groups is 1. The van der Waals surface area contributed by atoms with Crippen LogP contribution in [0.1, 0.15) is 17.9 Å². The quantitative estimate of drug-likeness (QED) is 0.609. The van der Waals surface area contributed by atoms with Crippen LogP contribution in [0, 0.1) is 0 Å². The lowest BCUT2D eigenvalue weighted by Gasteiger charge is -2.36. The average molecular weight is 301 g/mol. The van der Waals surface area contributed by atoms with Gasteiger partial charge < -0.3 is 19.2 Å². The van der Waals surface area contributed by atoms with Crippen LogP contribution in [0.25, 0.3) is 5.57 Å². The van der Waals surface area contributed by atoms with Gasteiger partial charge in [0.1, 0.15) is 12.3 Å². The molecule has 0 aromatic carbocycles. The summed E-state index contributed by atoms with van der Waals surface area (Å²) in [4.78, 5) is 27.3. The fourth-order valence-electron chi connectivity index (χ4n) is 2.02. The maximum Gasteiger partial charge on any atom is 0.436 e. The lowest BCUT2D eigenvalue weighted by atomic mass is 10.0. The van der Waals surface area contributed by atoms with Crippen LogP contribution in [0.4, 0.5) is 0 Å². The van der Waals surface area contributed by atoms with E-state index in [0.29, 0.717) is 29.3 Å². The Balaban J connectivity index is 1.98. The third kappa shape index (κ3) is 2.07. The van der Waals surface area contributed by atoms with E-state index in [1.165, 1.54) is 11.1 Å². The standard InChI is InChI=1S/C11H9ClN2O6/c12-6-1-2-14-9(18-10(16)11(17)20-14)8(6)7-3-5(4-15)19-13-7/h3,9,15H,1-2,4H2. The molecule has 0 saturated carbocycles. The number of aliphatic hydroxyl groups excluding tert-OH is 1. The second-order valence-electron chi connectivity index (χ2n) is 4.18. The number of fused-ring (bicyclic) bond motifs is 1. The van der Waals surface area contributed by atoms with Crippen LogP contribution in [-0.4, -0.2) is 40.0 Å². The summed E-state index contributed by atoms with van der Waals surface area (Å²) in [6, 6.07) is 1.48. The van der Waals surface area contributed by atoms with Crippen LogP contribution in [0.3, 0.4) is 0 Å². The van der Waals surface area contributed by atoms with E-state index in [1.54, 1.807) is 0 Å². The van der Waals surface area contributed by atoms with Crippen LogP contribution in [0.2, 0.25) is 0 Å². The number of ether oxygens (including phenoxy) is 1. The third-order valence-electron chi connectivity index (χ3n) is 2.93. The van der Waals surface area contributed by atoms with Gasteiger partial charge in [0.25, 0.3) is 0 Å². The Hall–Kier alpha value is -1.90. The molecule has 0 aliphatic carbocycles. The van der Waals surface area contributed by atoms with Gasteiger partial charge in [-0.25, -0.2) is 9.59 Å². The van der Waals surface area contributed by atoms with Gasteiger partial charge in [0, 0.05) is 17.6 Å². The molecular weight excluding hydrogens is 292 g/mol. The molecule has 0 radical (unpaired) electrons. The summed E-state index contributed by atoms with van der Waals surface area (Å²) >= 11 is 6.15. The Bertz CT molecular complexity index is 610. The summed E-state index contributed by atoms with van der Waals surface area (Å²) in [5, 5.41) is 14.4. The second-order valence-corrected chi connectivity index (χ2v) is 4.64. The van der Waals surface area contributed by atoms with E-state index >= 15 is 0 Å². The van der Waals surface area contributed by atoms with Crippen molar-refractivity contribution in [2.24, 2.45) is 0 Å². The minimum Gasteiger partial charge on any atom is -0.430 e. The van der Waals surface area contributed by atoms with Crippen molar-refractivity contribution >= 4 is 29.1 Å². The highest BCUT2D eigenvalue weighted by Gasteiger charge is 2.43. The maximum atomic E-state index is 11.3. The molecule has 1 aromatic rings. The van der Waals surface area contributed by atoms with Gasteiger partial charge in [-0.3, -0.25) is 0 Å². The average Bonchev–Trinajstić information content (AvgIpc) is 2.89. The first-order valence-corrected chi connectivity index (χ1v) is 6.13. The third-order valence-corrected chi connectivity index (χ3v) is 3.32. The van der Waals surface area contributed by atoms with Gasteiger partial charge in [-0.15, -0.1) is 0 Å². The van der Waals surface area contributed by atoms with E-state index in [1.807, 2.05) is 0 Å². The SMILES string of the molecule is O=C1OC2C(c3cc(CO)on3)=C(Cl)CCN2OC1=O. The highest BCUT2D eigenvalue weighted by atomic mass is 35.5. The number of hydrogen-bond donors (Lipinski definition) is 1. The summed E-state index contributed by atoms with van der Waals surface area (Å²) in [5.74, 6) is -1.93. The van der Waals surface area contributed by atoms with Crippen molar-refractivity contribution in [3.05, 3.63) is 22.6 Å². The Morgan fingerprint density at radius 3 is 2.95 bits per heavy atom. The highest BCUT2D eigenvalue weighted by molar-refractivity contribution is 6.33. The molecule has 0 spiro atoms. The molecule has 1 aromatic heterocycles. The van der Waals surface area contributed by atoms with E-state index in [4.69, 9.17) is 30.8 Å². The second kappa shape index (κ2) is 4.89. The molecule has 2 aliphatic rings. The number of halogens is 1. The highest BCUT2D eigenvalue weighted by Crippen LogP contribution is 2.36. The molecule has 1 fully saturated rings. The Morgan fingerprint density at radius 1 is 1.45 bits per heavy atom. The van der Waals surface area contributed by atoms with Crippen molar-refractivity contribution in [2.45, 2.75) is 19.3 Å². The summed E-state index contributed by atoms with van der Waals surface area (Å²) in [7, 11) is 0. The Labute approximate surface area is 117 Å². The summed E-state index contributed by atoms with van der Waals surface area (Å²) in [6.07, 6.45) is -0.558. The maximum absolute atomic E-state index is 11.3. The predicted molar refractivity (Wildman–Crippen MR) is 62.5 cm³/mol. The number of aromatic nitrogens is 1. The van der Waals surface area contributed by atoms with Crippen LogP contribution >= 0.6 is 11.6 Å². The topological polar surface area (TPSA) is 102 Å². The van der Waals surface area contributed by atoms with Crippen LogP contribution in [-0.2, 0) is 25.8 Å². The molecule has 8 nitrogen and oxygen atoms in total. The van der Waals surface area contributed by atoms with Gasteiger partial charge in [0.15, 0.2) is 5.76 Å². The van der Waals surface area contributed by atoms with Crippen molar-refractivity contribution < 1.29 is 28.8 Å². The van der Waals surface area contributed by atoms with Gasteiger partial charge >= 0.3 is 11.9 Å². The number of carbonyl (C=O) groups excluding carboxylic acids is 2. The molecule has 2 aliphatic heterocycles. The zero-order valence-electron chi connectivity index (χ0n) is 10.0. The van der Waals surface area contributed by atoms with Crippen LogP contribution in [0.15, 0.2) is 15.6 Å². The van der Waals surface area contributed by atoms with Crippen molar-refractivity contribution in [1.82, 2.24) is 10.2 Å².